The van der Waals surface area contributed by atoms with Crippen LogP contribution in [0.2, 0.25) is 5.02 Å². The largest absolute Gasteiger partial charge is 0.489 e. The van der Waals surface area contributed by atoms with Crippen molar-refractivity contribution in [1.29, 1.82) is 0 Å². The topological polar surface area (TPSA) is 26.5 Å². The molecule has 2 heterocycles. The molecule has 3 nitrogen and oxygen atoms in total. The molecule has 0 atom stereocenters. The van der Waals surface area contributed by atoms with Crippen molar-refractivity contribution < 1.29 is 4.74 Å². The molecule has 0 spiro atoms. The van der Waals surface area contributed by atoms with Gasteiger partial charge in [-0.25, -0.2) is 4.99 Å². The second-order valence-electron chi connectivity index (χ2n) is 7.45. The molecule has 0 amide bonds. The summed E-state index contributed by atoms with van der Waals surface area (Å²) in [7, 11) is 0. The zero-order valence-corrected chi connectivity index (χ0v) is 19.5. The van der Waals surface area contributed by atoms with Gasteiger partial charge in [0, 0.05) is 39.3 Å². The molecule has 1 aliphatic rings. The van der Waals surface area contributed by atoms with E-state index < -0.39 is 0 Å². The van der Waals surface area contributed by atoms with Crippen LogP contribution in [0.15, 0.2) is 88.8 Å². The molecule has 0 N–H and O–H groups in total. The van der Waals surface area contributed by atoms with Crippen LogP contribution in [0.25, 0.3) is 17.0 Å². The fourth-order valence-corrected chi connectivity index (χ4v) is 4.71. The normalized spacial score (nSPS) is 14.5. The van der Waals surface area contributed by atoms with Crippen LogP contribution in [0.1, 0.15) is 16.8 Å². The Kier molecular flexibility index (Phi) is 6.12. The van der Waals surface area contributed by atoms with E-state index >= 15 is 0 Å². The third-order valence-corrected chi connectivity index (χ3v) is 6.55. The first-order valence-corrected chi connectivity index (χ1v) is 11.8. The zero-order valence-electron chi connectivity index (χ0n) is 17.1. The lowest BCUT2D eigenvalue weighted by atomic mass is 10.2. The number of nitrogens with zero attached hydrogens (tertiary/aromatic N) is 2. The highest BCUT2D eigenvalue weighted by Gasteiger charge is 2.13. The number of rotatable bonds is 6. The average Bonchev–Trinajstić information content (AvgIpc) is 3.37. The van der Waals surface area contributed by atoms with Gasteiger partial charge >= 0.3 is 0 Å². The van der Waals surface area contributed by atoms with Crippen molar-refractivity contribution in [3.63, 3.8) is 0 Å². The number of thiocarbonyl (C=S) groups is 1. The Morgan fingerprint density at radius 3 is 2.53 bits per heavy atom. The molecule has 5 rings (SSSR count). The zero-order chi connectivity index (χ0) is 21.9. The maximum absolute atomic E-state index is 6.08. The Labute approximate surface area is 201 Å². The van der Waals surface area contributed by atoms with Crippen LogP contribution < -0.4 is 4.74 Å². The van der Waals surface area contributed by atoms with Gasteiger partial charge in [-0.05, 0) is 53.6 Å². The summed E-state index contributed by atoms with van der Waals surface area (Å²) in [5, 5.41) is 1.86. The lowest BCUT2D eigenvalue weighted by Gasteiger charge is -2.11. The second kappa shape index (κ2) is 9.33. The fourth-order valence-electron chi connectivity index (χ4n) is 3.65. The molecular formula is C26H19ClN2OS2. The number of aromatic nitrogens is 1. The number of ether oxygens (including phenoxy) is 1. The van der Waals surface area contributed by atoms with E-state index in [0.717, 1.165) is 44.4 Å². The minimum Gasteiger partial charge on any atom is -0.489 e. The van der Waals surface area contributed by atoms with Crippen molar-refractivity contribution >= 4 is 63.1 Å². The van der Waals surface area contributed by atoms with Crippen molar-refractivity contribution in [3.8, 4) is 5.75 Å². The van der Waals surface area contributed by atoms with Crippen molar-refractivity contribution in [2.24, 2.45) is 4.99 Å². The molecule has 0 saturated carbocycles. The highest BCUT2D eigenvalue weighted by atomic mass is 35.5. The fraction of sp³-hybridized carbons (Fsp3) is 0.0769. The number of benzene rings is 3. The van der Waals surface area contributed by atoms with Crippen LogP contribution in [0.3, 0.4) is 0 Å². The standard InChI is InChI=1S/C26H19ClN2OS2/c27-21-8-6-18(7-9-21)16-29-22(14-24-15-28-26(31)32-24)12-20-13-23(10-11-25(20)29)30-17-19-4-2-1-3-5-19/h1-15H,16-17H2/b24-14+. The number of aliphatic imine (C=N–C) groups is 1. The van der Waals surface area contributed by atoms with Crippen LogP contribution in [0, 0.1) is 0 Å². The monoisotopic (exact) mass is 474 g/mol. The molecule has 3 aromatic carbocycles. The van der Waals surface area contributed by atoms with Gasteiger partial charge < -0.3 is 9.30 Å². The van der Waals surface area contributed by atoms with Gasteiger partial charge in [0.1, 0.15) is 12.4 Å². The van der Waals surface area contributed by atoms with E-state index in [4.69, 9.17) is 28.6 Å². The SMILES string of the molecule is S=C1N=C/C(=C\c2cc3cc(OCc4ccccc4)ccc3n2Cc2ccc(Cl)cc2)S1. The summed E-state index contributed by atoms with van der Waals surface area (Å²) >= 11 is 12.8. The first kappa shape index (κ1) is 21.0. The maximum atomic E-state index is 6.08. The highest BCUT2D eigenvalue weighted by molar-refractivity contribution is 8.26. The summed E-state index contributed by atoms with van der Waals surface area (Å²) in [6.07, 6.45) is 3.96. The summed E-state index contributed by atoms with van der Waals surface area (Å²) < 4.78 is 8.99. The predicted octanol–water partition coefficient (Wildman–Crippen LogP) is 7.37. The summed E-state index contributed by atoms with van der Waals surface area (Å²) in [4.78, 5) is 5.25. The van der Waals surface area contributed by atoms with Crippen LogP contribution in [-0.4, -0.2) is 15.1 Å². The van der Waals surface area contributed by atoms with E-state index in [2.05, 4.69) is 58.1 Å². The van der Waals surface area contributed by atoms with Crippen LogP contribution in [-0.2, 0) is 13.2 Å². The Bertz CT molecular complexity index is 1340. The van der Waals surface area contributed by atoms with Gasteiger partial charge in [-0.1, -0.05) is 78.0 Å². The molecule has 1 aliphatic heterocycles. The molecule has 0 fully saturated rings. The molecule has 4 aromatic rings. The van der Waals surface area contributed by atoms with Gasteiger partial charge in [-0.2, -0.15) is 0 Å². The van der Waals surface area contributed by atoms with Crippen LogP contribution in [0.4, 0.5) is 0 Å². The molecule has 0 radical (unpaired) electrons. The van der Waals surface area contributed by atoms with E-state index in [1.165, 1.54) is 17.3 Å². The third kappa shape index (κ3) is 4.80. The van der Waals surface area contributed by atoms with E-state index in [0.29, 0.717) is 10.9 Å². The summed E-state index contributed by atoms with van der Waals surface area (Å²) in [6, 6.07) is 26.6. The number of fused-ring (bicyclic) bond motifs is 1. The first-order valence-electron chi connectivity index (χ1n) is 10.2. The van der Waals surface area contributed by atoms with Crippen molar-refractivity contribution in [2.75, 3.05) is 0 Å². The number of hydrogen-bond acceptors (Lipinski definition) is 3. The summed E-state index contributed by atoms with van der Waals surface area (Å²) in [6.45, 7) is 1.27. The van der Waals surface area contributed by atoms with Gasteiger partial charge in [0.25, 0.3) is 0 Å². The Morgan fingerprint density at radius 2 is 1.78 bits per heavy atom. The smallest absolute Gasteiger partial charge is 0.164 e. The van der Waals surface area contributed by atoms with Crippen LogP contribution in [0.5, 0.6) is 5.75 Å². The number of allylic oxidation sites excluding steroid dienone is 1. The second-order valence-corrected chi connectivity index (χ2v) is 9.59. The van der Waals surface area contributed by atoms with Gasteiger partial charge in [-0.3, -0.25) is 0 Å². The molecular weight excluding hydrogens is 456 g/mol. The first-order chi connectivity index (χ1) is 15.6. The molecule has 0 aliphatic carbocycles. The van der Waals surface area contributed by atoms with Crippen LogP contribution >= 0.6 is 35.6 Å². The molecule has 0 unspecified atom stereocenters. The van der Waals surface area contributed by atoms with Gasteiger partial charge in [0.2, 0.25) is 0 Å². The van der Waals surface area contributed by atoms with E-state index in [-0.39, 0.29) is 0 Å². The van der Waals surface area contributed by atoms with Gasteiger partial charge in [0.05, 0.1) is 0 Å². The van der Waals surface area contributed by atoms with Crippen molar-refractivity contribution in [2.45, 2.75) is 13.2 Å². The lowest BCUT2D eigenvalue weighted by molar-refractivity contribution is 0.306. The third-order valence-electron chi connectivity index (χ3n) is 5.20. The molecule has 0 bridgehead atoms. The maximum Gasteiger partial charge on any atom is 0.164 e. The minimum atomic E-state index is 0.541. The Hall–Kier alpha value is -2.86. The van der Waals surface area contributed by atoms with E-state index in [1.54, 1.807) is 0 Å². The number of thioether (sulfide) groups is 1. The lowest BCUT2D eigenvalue weighted by Crippen LogP contribution is -2.02. The quantitative estimate of drug-likeness (QED) is 0.273. The molecule has 1 aromatic heterocycles. The molecule has 32 heavy (non-hydrogen) atoms. The van der Waals surface area contributed by atoms with E-state index in [9.17, 15) is 0 Å². The minimum absolute atomic E-state index is 0.541. The Balaban J connectivity index is 1.49. The van der Waals surface area contributed by atoms with Crippen molar-refractivity contribution in [1.82, 2.24) is 4.57 Å². The summed E-state index contributed by atoms with van der Waals surface area (Å²) in [5.41, 5.74) is 4.56. The summed E-state index contributed by atoms with van der Waals surface area (Å²) in [5.74, 6) is 0.849. The number of hydrogen-bond donors (Lipinski definition) is 0. The Morgan fingerprint density at radius 1 is 0.969 bits per heavy atom. The number of halogens is 1. The average molecular weight is 475 g/mol. The van der Waals surface area contributed by atoms with Gasteiger partial charge in [0.15, 0.2) is 4.32 Å². The molecule has 6 heteroatoms. The predicted molar refractivity (Wildman–Crippen MR) is 140 cm³/mol. The highest BCUT2D eigenvalue weighted by Crippen LogP contribution is 2.30. The molecule has 158 valence electrons. The van der Waals surface area contributed by atoms with E-state index in [1.807, 2.05) is 42.6 Å². The molecule has 0 saturated heterocycles. The van der Waals surface area contributed by atoms with Gasteiger partial charge in [-0.15, -0.1) is 0 Å². The van der Waals surface area contributed by atoms with Crippen molar-refractivity contribution in [3.05, 3.63) is 106 Å².